The Hall–Kier alpha value is -2.94. The molecule has 1 aromatic carbocycles. The van der Waals surface area contributed by atoms with Crippen molar-refractivity contribution in [3.05, 3.63) is 40.5 Å². The normalized spacial score (nSPS) is 12.0. The lowest BCUT2D eigenvalue weighted by molar-refractivity contribution is -0.143. The molecule has 3 aromatic rings. The summed E-state index contributed by atoms with van der Waals surface area (Å²) in [5.74, 6) is -0.160. The van der Waals surface area contributed by atoms with Crippen molar-refractivity contribution in [3.63, 3.8) is 0 Å². The van der Waals surface area contributed by atoms with Crippen LogP contribution >= 0.6 is 11.3 Å². The van der Waals surface area contributed by atoms with Crippen molar-refractivity contribution < 1.29 is 19.1 Å². The van der Waals surface area contributed by atoms with E-state index in [1.54, 1.807) is 35.4 Å². The average Bonchev–Trinajstić information content (AvgIpc) is 3.22. The summed E-state index contributed by atoms with van der Waals surface area (Å²) in [5.41, 5.74) is 1.94. The molecule has 9 heteroatoms. The smallest absolute Gasteiger partial charge is 0.326 e. The number of fused-ring (bicyclic) bond motifs is 1. The Morgan fingerprint density at radius 1 is 1.28 bits per heavy atom. The third-order valence-electron chi connectivity index (χ3n) is 4.31. The van der Waals surface area contributed by atoms with E-state index >= 15 is 0 Å². The maximum absolute atomic E-state index is 12.8. The van der Waals surface area contributed by atoms with E-state index in [0.717, 1.165) is 15.9 Å². The number of thiazole rings is 1. The molecule has 0 bridgehead atoms. The number of hydrogen-bond acceptors (Lipinski definition) is 6. The molecular weight excluding hydrogens is 392 g/mol. The lowest BCUT2D eigenvalue weighted by atomic mass is 10.3. The Morgan fingerprint density at radius 2 is 2.03 bits per heavy atom. The fraction of sp³-hybridized carbons (Fsp3) is 0.400. The van der Waals surface area contributed by atoms with Crippen molar-refractivity contribution in [1.82, 2.24) is 14.3 Å². The van der Waals surface area contributed by atoms with Crippen molar-refractivity contribution in [2.45, 2.75) is 40.3 Å². The summed E-state index contributed by atoms with van der Waals surface area (Å²) in [6.07, 6.45) is 0. The molecule has 0 N–H and O–H groups in total. The minimum absolute atomic E-state index is 0.0360. The molecule has 2 heterocycles. The van der Waals surface area contributed by atoms with E-state index in [1.165, 1.54) is 11.3 Å². The molecule has 1 amide bonds. The van der Waals surface area contributed by atoms with Gasteiger partial charge >= 0.3 is 5.97 Å². The summed E-state index contributed by atoms with van der Waals surface area (Å²) in [5, 5.41) is 4.36. The van der Waals surface area contributed by atoms with Crippen LogP contribution in [-0.4, -0.2) is 39.9 Å². The van der Waals surface area contributed by atoms with Gasteiger partial charge in [0.1, 0.15) is 12.3 Å². The molecule has 0 saturated heterocycles. The Balaban J connectivity index is 2.09. The highest BCUT2D eigenvalue weighted by Crippen LogP contribution is 2.23. The SMILES string of the molecule is CCOC(=O)Cn1c(=NC(=O)c2cc(C)n(C(C)C)n2)sc2cc(OC)ccc21. The van der Waals surface area contributed by atoms with E-state index < -0.39 is 11.9 Å². The number of nitrogens with zero attached hydrogens (tertiary/aromatic N) is 4. The first kappa shape index (κ1) is 20.8. The molecule has 154 valence electrons. The van der Waals surface area contributed by atoms with E-state index in [1.807, 2.05) is 32.9 Å². The number of aromatic nitrogens is 3. The molecule has 0 aliphatic heterocycles. The van der Waals surface area contributed by atoms with Gasteiger partial charge < -0.3 is 14.0 Å². The van der Waals surface area contributed by atoms with Crippen LogP contribution in [0.4, 0.5) is 0 Å². The quantitative estimate of drug-likeness (QED) is 0.576. The van der Waals surface area contributed by atoms with Gasteiger partial charge in [-0.3, -0.25) is 14.3 Å². The minimum Gasteiger partial charge on any atom is -0.497 e. The Kier molecular flexibility index (Phi) is 6.17. The second kappa shape index (κ2) is 8.60. The number of methoxy groups -OCH3 is 1. The predicted octanol–water partition coefficient (Wildman–Crippen LogP) is 3.10. The number of carbonyl (C=O) groups is 2. The zero-order valence-corrected chi connectivity index (χ0v) is 17.9. The van der Waals surface area contributed by atoms with Crippen molar-refractivity contribution in [1.29, 1.82) is 0 Å². The van der Waals surface area contributed by atoms with E-state index in [2.05, 4.69) is 10.1 Å². The number of carbonyl (C=O) groups excluding carboxylic acids is 2. The van der Waals surface area contributed by atoms with Crippen LogP contribution < -0.4 is 9.54 Å². The second-order valence-corrected chi connectivity index (χ2v) is 7.74. The molecule has 0 aliphatic carbocycles. The van der Waals surface area contributed by atoms with Crippen LogP contribution in [0, 0.1) is 6.92 Å². The summed E-state index contributed by atoms with van der Waals surface area (Å²) >= 11 is 1.31. The van der Waals surface area contributed by atoms with Gasteiger partial charge in [0.25, 0.3) is 5.91 Å². The number of aryl methyl sites for hydroxylation is 1. The van der Waals surface area contributed by atoms with Crippen molar-refractivity contribution in [3.8, 4) is 5.75 Å². The molecule has 0 spiro atoms. The number of benzene rings is 1. The second-order valence-electron chi connectivity index (χ2n) is 6.74. The first-order valence-electron chi connectivity index (χ1n) is 9.32. The third kappa shape index (κ3) is 4.40. The first-order chi connectivity index (χ1) is 13.8. The van der Waals surface area contributed by atoms with Crippen LogP contribution in [0.1, 0.15) is 43.0 Å². The highest BCUT2D eigenvalue weighted by molar-refractivity contribution is 7.16. The van der Waals surface area contributed by atoms with Gasteiger partial charge in [-0.15, -0.1) is 0 Å². The Bertz CT molecular complexity index is 1120. The van der Waals surface area contributed by atoms with E-state index in [4.69, 9.17) is 9.47 Å². The maximum atomic E-state index is 12.8. The number of ether oxygens (including phenoxy) is 2. The summed E-state index contributed by atoms with van der Waals surface area (Å²) in [4.78, 5) is 29.6. The van der Waals surface area contributed by atoms with Crippen molar-refractivity contribution in [2.24, 2.45) is 4.99 Å². The third-order valence-corrected chi connectivity index (χ3v) is 5.35. The van der Waals surface area contributed by atoms with E-state index in [9.17, 15) is 9.59 Å². The van der Waals surface area contributed by atoms with Crippen LogP contribution in [0.5, 0.6) is 5.75 Å². The lowest BCUT2D eigenvalue weighted by Gasteiger charge is -2.06. The van der Waals surface area contributed by atoms with Gasteiger partial charge in [0, 0.05) is 11.7 Å². The first-order valence-corrected chi connectivity index (χ1v) is 10.1. The monoisotopic (exact) mass is 416 g/mol. The Labute approximate surface area is 172 Å². The van der Waals surface area contributed by atoms with Gasteiger partial charge in [-0.25, -0.2) is 0 Å². The zero-order chi connectivity index (χ0) is 21.1. The van der Waals surface area contributed by atoms with Gasteiger partial charge in [0.15, 0.2) is 10.5 Å². The van der Waals surface area contributed by atoms with Crippen LogP contribution in [0.25, 0.3) is 10.2 Å². The van der Waals surface area contributed by atoms with Crippen LogP contribution in [-0.2, 0) is 16.1 Å². The van der Waals surface area contributed by atoms with Gasteiger partial charge in [0.05, 0.1) is 23.9 Å². The summed E-state index contributed by atoms with van der Waals surface area (Å²) in [6, 6.07) is 7.35. The van der Waals surface area contributed by atoms with Crippen LogP contribution in [0.15, 0.2) is 29.3 Å². The Morgan fingerprint density at radius 3 is 2.66 bits per heavy atom. The highest BCUT2D eigenvalue weighted by Gasteiger charge is 2.16. The molecule has 3 rings (SSSR count). The van der Waals surface area contributed by atoms with Crippen molar-refractivity contribution >= 4 is 33.4 Å². The molecule has 8 nitrogen and oxygen atoms in total. The summed E-state index contributed by atoms with van der Waals surface area (Å²) in [7, 11) is 1.59. The van der Waals surface area contributed by atoms with Crippen LogP contribution in [0.2, 0.25) is 0 Å². The zero-order valence-electron chi connectivity index (χ0n) is 17.1. The summed E-state index contributed by atoms with van der Waals surface area (Å²) in [6.45, 7) is 7.90. The highest BCUT2D eigenvalue weighted by atomic mass is 32.1. The molecule has 29 heavy (non-hydrogen) atoms. The van der Waals surface area contributed by atoms with Gasteiger partial charge in [-0.05, 0) is 52.0 Å². The van der Waals surface area contributed by atoms with Gasteiger partial charge in [-0.2, -0.15) is 10.1 Å². The largest absolute Gasteiger partial charge is 0.497 e. The number of rotatable bonds is 6. The maximum Gasteiger partial charge on any atom is 0.326 e. The number of esters is 1. The molecule has 0 aliphatic rings. The van der Waals surface area contributed by atoms with E-state index in [-0.39, 0.29) is 24.9 Å². The predicted molar refractivity (Wildman–Crippen MR) is 110 cm³/mol. The average molecular weight is 417 g/mol. The molecule has 0 fully saturated rings. The molecule has 0 saturated carbocycles. The fourth-order valence-corrected chi connectivity index (χ4v) is 4.07. The molecule has 2 aromatic heterocycles. The fourth-order valence-electron chi connectivity index (χ4n) is 3.01. The lowest BCUT2D eigenvalue weighted by Crippen LogP contribution is -2.23. The molecule has 0 atom stereocenters. The molecule has 0 unspecified atom stereocenters. The van der Waals surface area contributed by atoms with Crippen molar-refractivity contribution in [2.75, 3.05) is 13.7 Å². The van der Waals surface area contributed by atoms with Crippen LogP contribution in [0.3, 0.4) is 0 Å². The minimum atomic E-state index is -0.455. The topological polar surface area (TPSA) is 87.7 Å². The number of amides is 1. The standard InChI is InChI=1S/C20H24N4O4S/c1-6-28-18(25)11-23-16-8-7-14(27-5)10-17(16)29-20(23)21-19(26)15-9-13(4)24(22-15)12(2)3/h7-10,12H,6,11H2,1-5H3. The molecular formula is C20H24N4O4S. The summed E-state index contributed by atoms with van der Waals surface area (Å²) < 4.78 is 14.7. The molecule has 0 radical (unpaired) electrons. The van der Waals surface area contributed by atoms with Gasteiger partial charge in [-0.1, -0.05) is 11.3 Å². The van der Waals surface area contributed by atoms with E-state index in [0.29, 0.717) is 10.6 Å². The van der Waals surface area contributed by atoms with Gasteiger partial charge in [0.2, 0.25) is 0 Å². The number of hydrogen-bond donors (Lipinski definition) is 0.